The summed E-state index contributed by atoms with van der Waals surface area (Å²) in [6, 6.07) is 3.98. The minimum atomic E-state index is -3.79. The number of carbonyl (C=O) groups is 1. The van der Waals surface area contributed by atoms with Gasteiger partial charge in [0, 0.05) is 16.6 Å². The van der Waals surface area contributed by atoms with E-state index in [2.05, 4.69) is 5.32 Å². The van der Waals surface area contributed by atoms with E-state index in [-0.39, 0.29) is 16.6 Å². The molecule has 0 spiro atoms. The number of sulfone groups is 1. The van der Waals surface area contributed by atoms with Gasteiger partial charge in [0.2, 0.25) is 5.91 Å². The van der Waals surface area contributed by atoms with E-state index in [1.165, 1.54) is 31.4 Å². The first kappa shape index (κ1) is 18.6. The molecule has 0 radical (unpaired) electrons. The quantitative estimate of drug-likeness (QED) is 0.814. The summed E-state index contributed by atoms with van der Waals surface area (Å²) in [6.07, 6.45) is 4.83. The molecule has 2 saturated carbocycles. The van der Waals surface area contributed by atoms with Crippen molar-refractivity contribution >= 4 is 27.3 Å². The van der Waals surface area contributed by atoms with Crippen LogP contribution in [-0.4, -0.2) is 26.1 Å². The van der Waals surface area contributed by atoms with Crippen molar-refractivity contribution in [3.8, 4) is 0 Å². The number of fused-ring (bicyclic) bond motifs is 2. The molecule has 3 rings (SSSR count). The van der Waals surface area contributed by atoms with Gasteiger partial charge >= 0.3 is 0 Å². The van der Waals surface area contributed by atoms with E-state index in [4.69, 9.17) is 11.6 Å². The Morgan fingerprint density at radius 2 is 2.12 bits per heavy atom. The van der Waals surface area contributed by atoms with Crippen molar-refractivity contribution in [1.29, 1.82) is 0 Å². The molecule has 7 heteroatoms. The maximum atomic E-state index is 13.8. The molecule has 1 aromatic rings. The Hall–Kier alpha value is -1.14. The van der Waals surface area contributed by atoms with Crippen LogP contribution < -0.4 is 5.32 Å². The topological polar surface area (TPSA) is 63.2 Å². The molecule has 25 heavy (non-hydrogen) atoms. The van der Waals surface area contributed by atoms with E-state index in [0.717, 1.165) is 18.4 Å². The van der Waals surface area contributed by atoms with Crippen LogP contribution in [-0.2, 0) is 20.4 Å². The molecule has 2 aliphatic rings. The van der Waals surface area contributed by atoms with Crippen LogP contribution in [0.4, 0.5) is 4.39 Å². The lowest BCUT2D eigenvalue weighted by Gasteiger charge is -2.28. The van der Waals surface area contributed by atoms with Gasteiger partial charge in [0.15, 0.2) is 9.84 Å². The van der Waals surface area contributed by atoms with Gasteiger partial charge in [0.1, 0.15) is 11.6 Å². The third kappa shape index (κ3) is 4.34. The first-order valence-electron chi connectivity index (χ1n) is 8.68. The number of nitrogens with one attached hydrogen (secondary N) is 1. The second-order valence-corrected chi connectivity index (χ2v) is 9.90. The predicted octanol–water partition coefficient (Wildman–Crippen LogP) is 3.33. The number of hydrogen-bond acceptors (Lipinski definition) is 3. The van der Waals surface area contributed by atoms with Gasteiger partial charge in [-0.25, -0.2) is 12.8 Å². The van der Waals surface area contributed by atoms with Gasteiger partial charge in [0.05, 0.1) is 5.75 Å². The van der Waals surface area contributed by atoms with Crippen molar-refractivity contribution in [3.05, 3.63) is 34.6 Å². The van der Waals surface area contributed by atoms with Crippen LogP contribution in [0.2, 0.25) is 5.02 Å². The molecule has 0 aromatic heterocycles. The maximum Gasteiger partial charge on any atom is 0.235 e. The summed E-state index contributed by atoms with van der Waals surface area (Å²) < 4.78 is 38.3. The lowest BCUT2D eigenvalue weighted by molar-refractivity contribution is -0.119. The van der Waals surface area contributed by atoms with Crippen LogP contribution >= 0.6 is 11.6 Å². The molecule has 2 aliphatic carbocycles. The maximum absolute atomic E-state index is 13.8. The van der Waals surface area contributed by atoms with Crippen molar-refractivity contribution in [2.24, 2.45) is 17.8 Å². The molecule has 0 saturated heterocycles. The first-order valence-corrected chi connectivity index (χ1v) is 10.9. The SMILES string of the molecule is CC(NC(=O)CS(=O)(=O)Cc1c(F)cccc1Cl)C1CC2CCC1C2. The van der Waals surface area contributed by atoms with Gasteiger partial charge in [-0.05, 0) is 56.1 Å². The number of rotatable bonds is 6. The van der Waals surface area contributed by atoms with Crippen molar-refractivity contribution in [3.63, 3.8) is 0 Å². The Balaban J connectivity index is 1.58. The fourth-order valence-corrected chi connectivity index (χ4v) is 6.08. The number of benzene rings is 1. The highest BCUT2D eigenvalue weighted by Gasteiger charge is 2.42. The Labute approximate surface area is 153 Å². The van der Waals surface area contributed by atoms with Gasteiger partial charge in [-0.1, -0.05) is 24.1 Å². The molecular weight excluding hydrogens is 365 g/mol. The largest absolute Gasteiger partial charge is 0.352 e. The summed E-state index contributed by atoms with van der Waals surface area (Å²) >= 11 is 5.87. The number of hydrogen-bond donors (Lipinski definition) is 1. The van der Waals surface area contributed by atoms with Crippen LogP contribution in [0.1, 0.15) is 38.2 Å². The molecule has 138 valence electrons. The zero-order valence-electron chi connectivity index (χ0n) is 14.2. The lowest BCUT2D eigenvalue weighted by atomic mass is 9.84. The summed E-state index contributed by atoms with van der Waals surface area (Å²) in [5.41, 5.74) is -0.0851. The van der Waals surface area contributed by atoms with Gasteiger partial charge in [-0.2, -0.15) is 0 Å². The molecule has 4 atom stereocenters. The van der Waals surface area contributed by atoms with Gasteiger partial charge in [-0.3, -0.25) is 4.79 Å². The van der Waals surface area contributed by atoms with Crippen LogP contribution in [0.15, 0.2) is 18.2 Å². The molecule has 4 nitrogen and oxygen atoms in total. The summed E-state index contributed by atoms with van der Waals surface area (Å²) in [7, 11) is -3.79. The van der Waals surface area contributed by atoms with Crippen molar-refractivity contribution in [2.45, 2.75) is 44.4 Å². The van der Waals surface area contributed by atoms with E-state index < -0.39 is 33.1 Å². The van der Waals surface area contributed by atoms with Crippen molar-refractivity contribution < 1.29 is 17.6 Å². The van der Waals surface area contributed by atoms with Gasteiger partial charge in [-0.15, -0.1) is 0 Å². The van der Waals surface area contributed by atoms with Crippen LogP contribution in [0.25, 0.3) is 0 Å². The third-order valence-corrected chi connectivity index (χ3v) is 7.39. The van der Waals surface area contributed by atoms with E-state index in [9.17, 15) is 17.6 Å². The molecule has 2 bridgehead atoms. The molecule has 1 N–H and O–H groups in total. The molecule has 2 fully saturated rings. The highest BCUT2D eigenvalue weighted by Crippen LogP contribution is 2.49. The van der Waals surface area contributed by atoms with Gasteiger partial charge in [0.25, 0.3) is 0 Å². The second kappa shape index (κ2) is 7.23. The number of carbonyl (C=O) groups excluding carboxylic acids is 1. The Morgan fingerprint density at radius 3 is 2.72 bits per heavy atom. The summed E-state index contributed by atoms with van der Waals surface area (Å²) in [5.74, 6) is -0.576. The average molecular weight is 388 g/mol. The summed E-state index contributed by atoms with van der Waals surface area (Å²) in [5, 5.41) is 2.89. The predicted molar refractivity (Wildman–Crippen MR) is 95.4 cm³/mol. The van der Waals surface area contributed by atoms with Crippen LogP contribution in [0, 0.1) is 23.6 Å². The lowest BCUT2D eigenvalue weighted by Crippen LogP contribution is -2.42. The summed E-state index contributed by atoms with van der Waals surface area (Å²) in [6.45, 7) is 1.95. The van der Waals surface area contributed by atoms with Crippen LogP contribution in [0.3, 0.4) is 0 Å². The number of halogens is 2. The third-order valence-electron chi connectivity index (χ3n) is 5.60. The molecule has 1 amide bonds. The van der Waals surface area contributed by atoms with E-state index in [0.29, 0.717) is 11.8 Å². The van der Waals surface area contributed by atoms with E-state index in [1.54, 1.807) is 0 Å². The van der Waals surface area contributed by atoms with E-state index in [1.807, 2.05) is 6.92 Å². The standard InChI is InChI=1S/C18H23ClFNO3S/c1-11(14-8-12-5-6-13(14)7-12)21-18(22)10-25(23,24)9-15-16(19)3-2-4-17(15)20/h2-4,11-14H,5-10H2,1H3,(H,21,22). The molecule has 0 heterocycles. The average Bonchev–Trinajstić information content (AvgIpc) is 3.13. The summed E-state index contributed by atoms with van der Waals surface area (Å²) in [4.78, 5) is 12.2. The van der Waals surface area contributed by atoms with E-state index >= 15 is 0 Å². The Kier molecular flexibility index (Phi) is 5.40. The molecular formula is C18H23ClFNO3S. The second-order valence-electron chi connectivity index (χ2n) is 7.43. The number of amides is 1. The Morgan fingerprint density at radius 1 is 1.36 bits per heavy atom. The fourth-order valence-electron chi connectivity index (χ4n) is 4.45. The highest BCUT2D eigenvalue weighted by atomic mass is 35.5. The molecule has 1 aromatic carbocycles. The zero-order valence-corrected chi connectivity index (χ0v) is 15.7. The normalized spacial score (nSPS) is 26.6. The van der Waals surface area contributed by atoms with Crippen molar-refractivity contribution in [2.75, 3.05) is 5.75 Å². The molecule has 4 unspecified atom stereocenters. The van der Waals surface area contributed by atoms with Gasteiger partial charge < -0.3 is 5.32 Å². The van der Waals surface area contributed by atoms with Crippen LogP contribution in [0.5, 0.6) is 0 Å². The molecule has 0 aliphatic heterocycles. The van der Waals surface area contributed by atoms with Crippen molar-refractivity contribution in [1.82, 2.24) is 5.32 Å². The fraction of sp³-hybridized carbons (Fsp3) is 0.611. The minimum absolute atomic E-state index is 0.0324. The monoisotopic (exact) mass is 387 g/mol. The minimum Gasteiger partial charge on any atom is -0.352 e. The highest BCUT2D eigenvalue weighted by molar-refractivity contribution is 7.91. The smallest absolute Gasteiger partial charge is 0.235 e. The zero-order chi connectivity index (χ0) is 18.2. The first-order chi connectivity index (χ1) is 11.7. The Bertz CT molecular complexity index is 747.